The SMILES string of the molecule is CCCc1cccc2c1C[C@H]1CNc3cc(OCc4cc(N)cc(COc5cc6c(cc5OC)C(=O)N5c7ccccc7C[C@H]5C=N6)c4)c(OC)cc3C(=O)N21. The summed E-state index contributed by atoms with van der Waals surface area (Å²) >= 11 is 0. The number of para-hydroxylation sites is 1. The predicted molar refractivity (Wildman–Crippen MR) is 218 cm³/mol. The van der Waals surface area contributed by atoms with Gasteiger partial charge in [-0.25, -0.2) is 0 Å². The van der Waals surface area contributed by atoms with Crippen molar-refractivity contribution in [2.45, 2.75) is 57.9 Å². The maximum atomic E-state index is 14.1. The second kappa shape index (κ2) is 14.3. The summed E-state index contributed by atoms with van der Waals surface area (Å²) < 4.78 is 24.1. The average Bonchev–Trinajstić information content (AvgIpc) is 3.70. The van der Waals surface area contributed by atoms with Crippen LogP contribution in [-0.4, -0.2) is 50.9 Å². The van der Waals surface area contributed by atoms with E-state index < -0.39 is 0 Å². The quantitative estimate of drug-likeness (QED) is 0.139. The fraction of sp³-hybridized carbons (Fsp3) is 0.267. The Hall–Kier alpha value is -6.49. The van der Waals surface area contributed by atoms with Crippen LogP contribution < -0.4 is 39.8 Å². The Balaban J connectivity index is 0.914. The third-order valence-corrected chi connectivity index (χ3v) is 11.1. The van der Waals surface area contributed by atoms with Crippen LogP contribution in [-0.2, 0) is 32.5 Å². The summed E-state index contributed by atoms with van der Waals surface area (Å²) in [6.07, 6.45) is 5.42. The highest BCUT2D eigenvalue weighted by molar-refractivity contribution is 6.15. The van der Waals surface area contributed by atoms with Gasteiger partial charge in [-0.15, -0.1) is 0 Å². The fourth-order valence-electron chi connectivity index (χ4n) is 8.53. The molecule has 0 aromatic heterocycles. The van der Waals surface area contributed by atoms with Gasteiger partial charge in [0.1, 0.15) is 13.2 Å². The normalized spacial score (nSPS) is 17.4. The highest BCUT2D eigenvalue weighted by atomic mass is 16.5. The lowest BCUT2D eigenvalue weighted by atomic mass is 9.99. The number of carbonyl (C=O) groups is 2. The van der Waals surface area contributed by atoms with Crippen LogP contribution in [0.5, 0.6) is 23.0 Å². The first kappa shape index (κ1) is 35.2. The van der Waals surface area contributed by atoms with Crippen LogP contribution in [0.1, 0.15) is 61.9 Å². The van der Waals surface area contributed by atoms with Crippen molar-refractivity contribution in [1.29, 1.82) is 0 Å². The highest BCUT2D eigenvalue weighted by Gasteiger charge is 2.39. The summed E-state index contributed by atoms with van der Waals surface area (Å²) in [5.74, 6) is 1.68. The van der Waals surface area contributed by atoms with Crippen LogP contribution in [0.4, 0.5) is 28.4 Å². The molecule has 0 aliphatic carbocycles. The van der Waals surface area contributed by atoms with Crippen LogP contribution in [0.2, 0.25) is 0 Å². The summed E-state index contributed by atoms with van der Waals surface area (Å²) in [7, 11) is 3.13. The van der Waals surface area contributed by atoms with Gasteiger partial charge < -0.3 is 34.9 Å². The number of ether oxygens (including phenoxy) is 4. The van der Waals surface area contributed by atoms with Crippen LogP contribution in [0.15, 0.2) is 89.9 Å². The molecule has 0 fully saturated rings. The minimum Gasteiger partial charge on any atom is -0.493 e. The number of hydrogen-bond acceptors (Lipinski definition) is 9. The zero-order chi connectivity index (χ0) is 38.5. The molecule has 4 aliphatic rings. The first-order valence-corrected chi connectivity index (χ1v) is 19.0. The Labute approximate surface area is 325 Å². The molecule has 0 saturated carbocycles. The van der Waals surface area contributed by atoms with Crippen molar-refractivity contribution in [1.82, 2.24) is 0 Å². The molecule has 0 radical (unpaired) electrons. The molecule has 56 heavy (non-hydrogen) atoms. The number of nitrogen functional groups attached to an aromatic ring is 1. The molecule has 5 aromatic carbocycles. The Kier molecular flexibility index (Phi) is 8.99. The van der Waals surface area contributed by atoms with E-state index >= 15 is 0 Å². The molecule has 11 nitrogen and oxygen atoms in total. The van der Waals surface area contributed by atoms with E-state index in [0.717, 1.165) is 47.3 Å². The number of amides is 2. The van der Waals surface area contributed by atoms with E-state index in [4.69, 9.17) is 29.7 Å². The summed E-state index contributed by atoms with van der Waals surface area (Å²) in [4.78, 5) is 36.4. The lowest BCUT2D eigenvalue weighted by Gasteiger charge is -2.23. The minimum atomic E-state index is -0.157. The third kappa shape index (κ3) is 6.13. The number of carbonyl (C=O) groups excluding carboxylic acids is 2. The number of nitrogens with two attached hydrogens (primary N) is 1. The molecular weight excluding hydrogens is 707 g/mol. The van der Waals surface area contributed by atoms with Gasteiger partial charge in [0, 0.05) is 48.4 Å². The molecule has 4 aliphatic heterocycles. The standard InChI is InChI=1S/C45H43N5O6/c1-4-8-28-10-7-12-39-33(28)17-32-23-48-37-21-43(41(54-3)19-35(37)45(52)50(32)39)56-25-27-13-26(14-30(46)15-27)24-55-42-20-36-34(18-40(42)53-2)44(51)49-31(22-47-36)16-29-9-5-6-11-38(29)49/h5-7,9-15,18-22,31-32,48H,4,8,16-17,23-25,46H2,1-3H3/t31-,32-/m0/s1. The molecule has 0 bridgehead atoms. The van der Waals surface area contributed by atoms with E-state index in [2.05, 4.69) is 30.4 Å². The van der Waals surface area contributed by atoms with Crippen molar-refractivity contribution in [3.05, 3.63) is 124 Å². The maximum absolute atomic E-state index is 14.1. The monoisotopic (exact) mass is 749 g/mol. The third-order valence-electron chi connectivity index (χ3n) is 11.1. The van der Waals surface area contributed by atoms with Gasteiger partial charge in [0.05, 0.1) is 48.8 Å². The summed E-state index contributed by atoms with van der Waals surface area (Å²) in [6.45, 7) is 3.18. The maximum Gasteiger partial charge on any atom is 0.261 e. The van der Waals surface area contributed by atoms with E-state index in [9.17, 15) is 9.59 Å². The van der Waals surface area contributed by atoms with Crippen molar-refractivity contribution in [2.24, 2.45) is 4.99 Å². The van der Waals surface area contributed by atoms with Gasteiger partial charge in [-0.2, -0.15) is 0 Å². The number of hydrogen-bond donors (Lipinski definition) is 2. The summed E-state index contributed by atoms with van der Waals surface area (Å²) in [5, 5.41) is 3.53. The zero-order valence-electron chi connectivity index (χ0n) is 31.6. The topological polar surface area (TPSA) is 128 Å². The number of nitrogens with one attached hydrogen (secondary N) is 1. The Morgan fingerprint density at radius 1 is 0.768 bits per heavy atom. The van der Waals surface area contributed by atoms with Gasteiger partial charge >= 0.3 is 0 Å². The molecule has 3 N–H and O–H groups in total. The second-order valence-corrected chi connectivity index (χ2v) is 14.7. The molecule has 0 saturated heterocycles. The van der Waals surface area contributed by atoms with Gasteiger partial charge in [0.15, 0.2) is 23.0 Å². The van der Waals surface area contributed by atoms with Crippen molar-refractivity contribution in [3.8, 4) is 23.0 Å². The minimum absolute atomic E-state index is 0.0167. The van der Waals surface area contributed by atoms with Crippen LogP contribution in [0.3, 0.4) is 0 Å². The molecule has 2 atom stereocenters. The van der Waals surface area contributed by atoms with E-state index in [1.807, 2.05) is 64.5 Å². The van der Waals surface area contributed by atoms with Gasteiger partial charge in [-0.05, 0) is 83.1 Å². The number of benzene rings is 5. The molecule has 284 valence electrons. The Morgan fingerprint density at radius 3 is 2.21 bits per heavy atom. The number of aliphatic imine (C=N–C) groups is 1. The number of fused-ring (bicyclic) bond motifs is 8. The van der Waals surface area contributed by atoms with Gasteiger partial charge in [-0.3, -0.25) is 19.5 Å². The molecule has 0 unspecified atom stereocenters. The van der Waals surface area contributed by atoms with E-state index in [0.29, 0.717) is 64.2 Å². The zero-order valence-corrected chi connectivity index (χ0v) is 31.6. The first-order valence-electron chi connectivity index (χ1n) is 19.0. The van der Waals surface area contributed by atoms with Crippen molar-refractivity contribution in [2.75, 3.05) is 41.6 Å². The first-order chi connectivity index (χ1) is 27.3. The predicted octanol–water partition coefficient (Wildman–Crippen LogP) is 7.68. The van der Waals surface area contributed by atoms with Gasteiger partial charge in [-0.1, -0.05) is 43.7 Å². The average molecular weight is 750 g/mol. The molecule has 4 heterocycles. The van der Waals surface area contributed by atoms with E-state index in [1.165, 1.54) is 11.1 Å². The molecule has 11 heteroatoms. The van der Waals surface area contributed by atoms with Gasteiger partial charge in [0.2, 0.25) is 0 Å². The Morgan fingerprint density at radius 2 is 1.46 bits per heavy atom. The number of nitrogens with zero attached hydrogens (tertiary/aromatic N) is 3. The summed E-state index contributed by atoms with van der Waals surface area (Å²) in [5.41, 5.74) is 16.4. The van der Waals surface area contributed by atoms with Gasteiger partial charge in [0.25, 0.3) is 11.8 Å². The smallest absolute Gasteiger partial charge is 0.261 e. The number of rotatable bonds is 10. The molecule has 9 rings (SSSR count). The van der Waals surface area contributed by atoms with Crippen LogP contribution in [0, 0.1) is 0 Å². The molecular formula is C45H43N5O6. The molecule has 5 aromatic rings. The highest BCUT2D eigenvalue weighted by Crippen LogP contribution is 2.43. The van der Waals surface area contributed by atoms with Crippen molar-refractivity contribution < 1.29 is 28.5 Å². The lowest BCUT2D eigenvalue weighted by Crippen LogP contribution is -2.39. The van der Waals surface area contributed by atoms with Crippen molar-refractivity contribution in [3.63, 3.8) is 0 Å². The van der Waals surface area contributed by atoms with E-state index in [1.54, 1.807) is 32.4 Å². The molecule has 0 spiro atoms. The van der Waals surface area contributed by atoms with E-state index in [-0.39, 0.29) is 37.1 Å². The van der Waals surface area contributed by atoms with Crippen LogP contribution >= 0.6 is 0 Å². The number of methoxy groups -OCH3 is 2. The Bertz CT molecular complexity index is 2430. The number of aryl methyl sites for hydroxylation is 1. The van der Waals surface area contributed by atoms with Crippen molar-refractivity contribution >= 4 is 46.5 Å². The second-order valence-electron chi connectivity index (χ2n) is 14.7. The summed E-state index contributed by atoms with van der Waals surface area (Å²) in [6, 6.07) is 26.8. The number of anilines is 4. The lowest BCUT2D eigenvalue weighted by molar-refractivity contribution is 0.0976. The van der Waals surface area contributed by atoms with Crippen LogP contribution in [0.25, 0.3) is 0 Å². The molecule has 2 amide bonds. The largest absolute Gasteiger partial charge is 0.493 e. The fourth-order valence-corrected chi connectivity index (χ4v) is 8.53.